The van der Waals surface area contributed by atoms with E-state index in [0.29, 0.717) is 28.5 Å². The van der Waals surface area contributed by atoms with Gasteiger partial charge in [-0.25, -0.2) is 9.78 Å². The predicted molar refractivity (Wildman–Crippen MR) is 113 cm³/mol. The Labute approximate surface area is 169 Å². The number of urea groups is 1. The van der Waals surface area contributed by atoms with Crippen molar-refractivity contribution in [1.29, 1.82) is 0 Å². The molecule has 3 amide bonds. The molecule has 1 heterocycles. The Morgan fingerprint density at radius 1 is 1.21 bits per heavy atom. The molecule has 1 atom stereocenters. The molecular weight excluding hydrogens is 376 g/mol. The number of hydrogen-bond acceptors (Lipinski definition) is 5. The van der Waals surface area contributed by atoms with E-state index in [2.05, 4.69) is 29.5 Å². The van der Waals surface area contributed by atoms with Gasteiger partial charge in [-0.1, -0.05) is 44.7 Å². The van der Waals surface area contributed by atoms with Crippen LogP contribution in [0, 0.1) is 5.92 Å². The van der Waals surface area contributed by atoms with Crippen molar-refractivity contribution in [1.82, 2.24) is 20.2 Å². The Balaban J connectivity index is 2.09. The summed E-state index contributed by atoms with van der Waals surface area (Å²) in [6.07, 6.45) is 1.61. The van der Waals surface area contributed by atoms with Gasteiger partial charge in [-0.2, -0.15) is 0 Å². The van der Waals surface area contributed by atoms with E-state index in [0.717, 1.165) is 24.6 Å². The zero-order valence-electron chi connectivity index (χ0n) is 16.8. The number of hydrogen-bond donors (Lipinski definition) is 2. The number of fused-ring (bicyclic) bond motifs is 1. The lowest BCUT2D eigenvalue weighted by Gasteiger charge is -2.18. The molecule has 1 aromatic carbocycles. The largest absolute Gasteiger partial charge is 0.338 e. The topological polar surface area (TPSA) is 93.1 Å². The summed E-state index contributed by atoms with van der Waals surface area (Å²) in [5, 5.41) is 6.01. The van der Waals surface area contributed by atoms with Crippen molar-refractivity contribution >= 4 is 34.6 Å². The van der Waals surface area contributed by atoms with Crippen LogP contribution in [0.25, 0.3) is 10.9 Å². The van der Waals surface area contributed by atoms with Crippen LogP contribution in [0.3, 0.4) is 0 Å². The van der Waals surface area contributed by atoms with E-state index in [1.165, 1.54) is 0 Å². The van der Waals surface area contributed by atoms with Gasteiger partial charge in [0, 0.05) is 12.6 Å². The zero-order valence-corrected chi connectivity index (χ0v) is 17.6. The molecule has 28 heavy (non-hydrogen) atoms. The van der Waals surface area contributed by atoms with Crippen LogP contribution in [0.2, 0.25) is 0 Å². The first kappa shape index (κ1) is 21.9. The third-order valence-corrected chi connectivity index (χ3v) is 5.35. The summed E-state index contributed by atoms with van der Waals surface area (Å²) in [7, 11) is 0. The maximum absolute atomic E-state index is 12.9. The minimum Gasteiger partial charge on any atom is -0.338 e. The molecule has 0 radical (unpaired) electrons. The molecule has 0 aliphatic heterocycles. The van der Waals surface area contributed by atoms with Crippen LogP contribution in [-0.2, 0) is 4.79 Å². The molecule has 7 nitrogen and oxygen atoms in total. The van der Waals surface area contributed by atoms with Crippen molar-refractivity contribution in [2.24, 2.45) is 5.92 Å². The number of amides is 3. The van der Waals surface area contributed by atoms with E-state index in [1.54, 1.807) is 16.7 Å². The maximum Gasteiger partial charge on any atom is 0.321 e. The lowest BCUT2D eigenvalue weighted by molar-refractivity contribution is -0.117. The van der Waals surface area contributed by atoms with Crippen molar-refractivity contribution in [3.05, 3.63) is 34.6 Å². The molecule has 2 rings (SSSR count). The summed E-state index contributed by atoms with van der Waals surface area (Å²) in [5.41, 5.74) is 0.482. The highest BCUT2D eigenvalue weighted by atomic mass is 32.2. The van der Waals surface area contributed by atoms with Gasteiger partial charge < -0.3 is 5.32 Å². The first-order chi connectivity index (χ1) is 13.3. The lowest BCUT2D eigenvalue weighted by Crippen LogP contribution is -2.41. The van der Waals surface area contributed by atoms with Crippen LogP contribution in [0.1, 0.15) is 46.6 Å². The SMILES string of the molecule is CC[C@@H](C)n1c(SCC(=O)NC(=O)NCCC(C)C)nc2ccccc2c1=O. The van der Waals surface area contributed by atoms with E-state index < -0.39 is 11.9 Å². The van der Waals surface area contributed by atoms with E-state index in [1.807, 2.05) is 26.0 Å². The number of para-hydroxylation sites is 1. The first-order valence-corrected chi connectivity index (χ1v) is 10.5. The Hall–Kier alpha value is -2.35. The van der Waals surface area contributed by atoms with E-state index in [4.69, 9.17) is 0 Å². The third-order valence-electron chi connectivity index (χ3n) is 4.40. The third kappa shape index (κ3) is 5.82. The minimum atomic E-state index is -0.503. The molecule has 0 unspecified atom stereocenters. The summed E-state index contributed by atoms with van der Waals surface area (Å²) >= 11 is 1.16. The molecule has 2 aromatic rings. The average Bonchev–Trinajstić information content (AvgIpc) is 2.65. The Kier molecular flexibility index (Phi) is 8.04. The highest BCUT2D eigenvalue weighted by Crippen LogP contribution is 2.22. The fourth-order valence-electron chi connectivity index (χ4n) is 2.61. The number of nitrogens with zero attached hydrogens (tertiary/aromatic N) is 2. The van der Waals surface area contributed by atoms with Gasteiger partial charge in [-0.3, -0.25) is 19.5 Å². The van der Waals surface area contributed by atoms with E-state index >= 15 is 0 Å². The monoisotopic (exact) mass is 404 g/mol. The molecule has 0 saturated carbocycles. The fraction of sp³-hybridized carbons (Fsp3) is 0.500. The minimum absolute atomic E-state index is 0.00118. The molecular formula is C20H28N4O3S. The second kappa shape index (κ2) is 10.3. The lowest BCUT2D eigenvalue weighted by atomic mass is 10.1. The standard InChI is InChI=1S/C20H28N4O3S/c1-5-14(4)24-18(26)15-8-6-7-9-16(15)22-20(24)28-12-17(25)23-19(27)21-11-10-13(2)3/h6-9,13-14H,5,10-12H2,1-4H3,(H2,21,23,25,27)/t14-/m1/s1. The number of benzene rings is 1. The summed E-state index contributed by atoms with van der Waals surface area (Å²) in [6, 6.07) is 6.62. The van der Waals surface area contributed by atoms with Gasteiger partial charge in [-0.05, 0) is 37.8 Å². The van der Waals surface area contributed by atoms with Crippen LogP contribution in [0.15, 0.2) is 34.2 Å². The Morgan fingerprint density at radius 3 is 2.61 bits per heavy atom. The van der Waals surface area contributed by atoms with Gasteiger partial charge in [0.25, 0.3) is 5.56 Å². The van der Waals surface area contributed by atoms with Crippen molar-refractivity contribution in [2.45, 2.75) is 51.7 Å². The number of thioether (sulfide) groups is 1. The number of nitrogens with one attached hydrogen (secondary N) is 2. The summed E-state index contributed by atoms with van der Waals surface area (Å²) in [4.78, 5) is 41.3. The summed E-state index contributed by atoms with van der Waals surface area (Å²) in [5.74, 6) is 0.0479. The average molecular weight is 405 g/mol. The van der Waals surface area contributed by atoms with Crippen LogP contribution in [0.4, 0.5) is 4.79 Å². The van der Waals surface area contributed by atoms with Gasteiger partial charge in [0.2, 0.25) is 5.91 Å². The second-order valence-electron chi connectivity index (χ2n) is 7.12. The van der Waals surface area contributed by atoms with Gasteiger partial charge in [0.15, 0.2) is 5.16 Å². The first-order valence-electron chi connectivity index (χ1n) is 9.55. The normalized spacial score (nSPS) is 12.2. The van der Waals surface area contributed by atoms with Crippen molar-refractivity contribution in [3.8, 4) is 0 Å². The van der Waals surface area contributed by atoms with Crippen molar-refractivity contribution in [3.63, 3.8) is 0 Å². The second-order valence-corrected chi connectivity index (χ2v) is 8.06. The highest BCUT2D eigenvalue weighted by molar-refractivity contribution is 7.99. The van der Waals surface area contributed by atoms with E-state index in [9.17, 15) is 14.4 Å². The molecule has 0 saturated heterocycles. The van der Waals surface area contributed by atoms with Crippen LogP contribution in [0.5, 0.6) is 0 Å². The van der Waals surface area contributed by atoms with Crippen molar-refractivity contribution in [2.75, 3.05) is 12.3 Å². The smallest absolute Gasteiger partial charge is 0.321 e. The number of carbonyl (C=O) groups excluding carboxylic acids is 2. The predicted octanol–water partition coefficient (Wildman–Crippen LogP) is 3.33. The zero-order chi connectivity index (χ0) is 20.7. The van der Waals surface area contributed by atoms with Gasteiger partial charge in [-0.15, -0.1) is 0 Å². The summed E-state index contributed by atoms with van der Waals surface area (Å²) < 4.78 is 1.63. The number of rotatable bonds is 8. The maximum atomic E-state index is 12.9. The number of imide groups is 1. The molecule has 1 aromatic heterocycles. The molecule has 0 bridgehead atoms. The van der Waals surface area contributed by atoms with Gasteiger partial charge in [0.05, 0.1) is 16.7 Å². The molecule has 0 fully saturated rings. The van der Waals surface area contributed by atoms with Crippen LogP contribution >= 0.6 is 11.8 Å². The number of aromatic nitrogens is 2. The van der Waals surface area contributed by atoms with Crippen molar-refractivity contribution < 1.29 is 9.59 Å². The molecule has 152 valence electrons. The Morgan fingerprint density at radius 2 is 1.93 bits per heavy atom. The van der Waals surface area contributed by atoms with Gasteiger partial charge >= 0.3 is 6.03 Å². The fourth-order valence-corrected chi connectivity index (χ4v) is 3.51. The quantitative estimate of drug-likeness (QED) is 0.520. The number of carbonyl (C=O) groups is 2. The molecule has 0 aliphatic rings. The molecule has 8 heteroatoms. The molecule has 0 aliphatic carbocycles. The van der Waals surface area contributed by atoms with Crippen LogP contribution < -0.4 is 16.2 Å². The summed E-state index contributed by atoms with van der Waals surface area (Å²) in [6.45, 7) is 8.59. The molecule has 0 spiro atoms. The highest BCUT2D eigenvalue weighted by Gasteiger charge is 2.17. The van der Waals surface area contributed by atoms with Gasteiger partial charge in [0.1, 0.15) is 0 Å². The van der Waals surface area contributed by atoms with E-state index in [-0.39, 0.29) is 17.4 Å². The Bertz CT molecular complexity index is 895. The van der Waals surface area contributed by atoms with Crippen LogP contribution in [-0.4, -0.2) is 33.8 Å². The molecule has 2 N–H and O–H groups in total.